The van der Waals surface area contributed by atoms with Crippen LogP contribution in [0.5, 0.6) is 0 Å². The quantitative estimate of drug-likeness (QED) is 0.435. The summed E-state index contributed by atoms with van der Waals surface area (Å²) < 4.78 is 0. The molecule has 0 aromatic heterocycles. The van der Waals surface area contributed by atoms with Crippen molar-refractivity contribution in [2.24, 2.45) is 0 Å². The van der Waals surface area contributed by atoms with Crippen molar-refractivity contribution in [2.45, 2.75) is 64.5 Å². The van der Waals surface area contributed by atoms with Crippen LogP contribution < -0.4 is 10.6 Å². The average Bonchev–Trinajstić information content (AvgIpc) is 2.47. The molecule has 0 bridgehead atoms. The summed E-state index contributed by atoms with van der Waals surface area (Å²) in [7, 11) is 0. The summed E-state index contributed by atoms with van der Waals surface area (Å²) in [6.45, 7) is 3.67. The van der Waals surface area contributed by atoms with Crippen LogP contribution in [0, 0.1) is 0 Å². The predicted octanol–water partition coefficient (Wildman–Crippen LogP) is 0.321. The molecule has 2 atom stereocenters. The first-order chi connectivity index (χ1) is 9.58. The van der Waals surface area contributed by atoms with Crippen molar-refractivity contribution in [3.8, 4) is 0 Å². The lowest BCUT2D eigenvalue weighted by molar-refractivity contribution is -0.140. The van der Waals surface area contributed by atoms with Crippen LogP contribution in [-0.2, 0) is 9.59 Å². The van der Waals surface area contributed by atoms with Gasteiger partial charge in [-0.1, -0.05) is 39.5 Å². The standard InChI is InChI=1S/C14H28N2O4/c1-3-5-7-11(9-17)15-13(19)14(20)16-12(10-18)8-6-4-2/h11-12,17-18H,3-10H2,1-2H3,(H,15,19)(H,16,20)/t11-,12-/m1/s1. The van der Waals surface area contributed by atoms with Gasteiger partial charge in [-0.05, 0) is 12.8 Å². The number of hydrogen-bond donors (Lipinski definition) is 4. The van der Waals surface area contributed by atoms with E-state index in [1.165, 1.54) is 0 Å². The lowest BCUT2D eigenvalue weighted by Crippen LogP contribution is -2.49. The molecule has 0 aliphatic carbocycles. The van der Waals surface area contributed by atoms with Gasteiger partial charge in [0, 0.05) is 0 Å². The minimum atomic E-state index is -0.755. The zero-order valence-electron chi connectivity index (χ0n) is 12.5. The van der Waals surface area contributed by atoms with Crippen LogP contribution in [0.1, 0.15) is 52.4 Å². The molecule has 6 heteroatoms. The molecule has 0 aromatic carbocycles. The highest BCUT2D eigenvalue weighted by atomic mass is 16.3. The second kappa shape index (κ2) is 11.7. The topological polar surface area (TPSA) is 98.7 Å². The number of aliphatic hydroxyl groups is 2. The van der Waals surface area contributed by atoms with Crippen LogP contribution in [-0.4, -0.2) is 47.3 Å². The number of rotatable bonds is 10. The summed E-state index contributed by atoms with van der Waals surface area (Å²) in [6.07, 6.45) is 4.96. The Hall–Kier alpha value is -1.14. The molecule has 118 valence electrons. The van der Waals surface area contributed by atoms with Gasteiger partial charge in [0.2, 0.25) is 0 Å². The van der Waals surface area contributed by atoms with Gasteiger partial charge in [0.1, 0.15) is 0 Å². The van der Waals surface area contributed by atoms with Gasteiger partial charge in [-0.2, -0.15) is 0 Å². The third-order valence-corrected chi connectivity index (χ3v) is 3.13. The van der Waals surface area contributed by atoms with Gasteiger partial charge in [-0.15, -0.1) is 0 Å². The second-order valence-electron chi connectivity index (χ2n) is 4.99. The predicted molar refractivity (Wildman–Crippen MR) is 77.1 cm³/mol. The molecule has 6 nitrogen and oxygen atoms in total. The third kappa shape index (κ3) is 8.12. The Balaban J connectivity index is 4.20. The van der Waals surface area contributed by atoms with Crippen molar-refractivity contribution in [2.75, 3.05) is 13.2 Å². The molecule has 0 saturated heterocycles. The summed E-state index contributed by atoms with van der Waals surface area (Å²) in [5, 5.41) is 23.3. The van der Waals surface area contributed by atoms with E-state index in [1.54, 1.807) is 0 Å². The molecule has 4 N–H and O–H groups in total. The van der Waals surface area contributed by atoms with Crippen molar-refractivity contribution in [3.63, 3.8) is 0 Å². The molecule has 0 unspecified atom stereocenters. The van der Waals surface area contributed by atoms with Crippen LogP contribution in [0.15, 0.2) is 0 Å². The molecule has 0 rings (SSSR count). The second-order valence-corrected chi connectivity index (χ2v) is 4.99. The molecule has 0 fully saturated rings. The number of carbonyl (C=O) groups is 2. The first-order valence-corrected chi connectivity index (χ1v) is 7.42. The number of amides is 2. The minimum absolute atomic E-state index is 0.182. The van der Waals surface area contributed by atoms with E-state index in [0.717, 1.165) is 25.7 Å². The van der Waals surface area contributed by atoms with Gasteiger partial charge in [-0.25, -0.2) is 0 Å². The normalized spacial score (nSPS) is 13.6. The van der Waals surface area contributed by atoms with E-state index >= 15 is 0 Å². The molecule has 0 radical (unpaired) electrons. The highest BCUT2D eigenvalue weighted by Gasteiger charge is 2.20. The van der Waals surface area contributed by atoms with Crippen molar-refractivity contribution >= 4 is 11.8 Å². The molecular formula is C14H28N2O4. The largest absolute Gasteiger partial charge is 0.394 e. The maximum Gasteiger partial charge on any atom is 0.309 e. The summed E-state index contributed by atoms with van der Waals surface area (Å²) in [4.78, 5) is 23.4. The monoisotopic (exact) mass is 288 g/mol. The molecule has 2 amide bonds. The fourth-order valence-electron chi connectivity index (χ4n) is 1.82. The Labute approximate surface area is 120 Å². The Bertz CT molecular complexity index is 256. The third-order valence-electron chi connectivity index (χ3n) is 3.13. The number of hydrogen-bond acceptors (Lipinski definition) is 4. The smallest absolute Gasteiger partial charge is 0.309 e. The molecule has 0 heterocycles. The van der Waals surface area contributed by atoms with Gasteiger partial charge >= 0.3 is 11.8 Å². The molecular weight excluding hydrogens is 260 g/mol. The molecule has 0 saturated carbocycles. The van der Waals surface area contributed by atoms with Crippen molar-refractivity contribution in [3.05, 3.63) is 0 Å². The average molecular weight is 288 g/mol. The van der Waals surface area contributed by atoms with Crippen LogP contribution in [0.2, 0.25) is 0 Å². The van der Waals surface area contributed by atoms with Gasteiger partial charge in [0.15, 0.2) is 0 Å². The molecule has 0 aromatic rings. The van der Waals surface area contributed by atoms with E-state index < -0.39 is 23.9 Å². The number of carbonyl (C=O) groups excluding carboxylic acids is 2. The highest BCUT2D eigenvalue weighted by molar-refractivity contribution is 6.35. The minimum Gasteiger partial charge on any atom is -0.394 e. The molecule has 0 aliphatic rings. The summed E-state index contributed by atoms with van der Waals surface area (Å²) in [6, 6.07) is -0.784. The van der Waals surface area contributed by atoms with E-state index in [4.69, 9.17) is 10.2 Å². The molecule has 0 spiro atoms. The summed E-state index contributed by atoms with van der Waals surface area (Å²) in [5.74, 6) is -1.51. The Morgan fingerprint density at radius 3 is 1.45 bits per heavy atom. The number of nitrogens with one attached hydrogen (secondary N) is 2. The van der Waals surface area contributed by atoms with Crippen LogP contribution in [0.3, 0.4) is 0 Å². The summed E-state index contributed by atoms with van der Waals surface area (Å²) in [5.41, 5.74) is 0. The van der Waals surface area contributed by atoms with Crippen molar-refractivity contribution < 1.29 is 19.8 Å². The Kier molecular flexibility index (Phi) is 11.0. The van der Waals surface area contributed by atoms with Gasteiger partial charge < -0.3 is 20.8 Å². The Morgan fingerprint density at radius 2 is 1.20 bits per heavy atom. The fourth-order valence-corrected chi connectivity index (χ4v) is 1.82. The maximum atomic E-state index is 11.7. The lowest BCUT2D eigenvalue weighted by Gasteiger charge is -2.18. The summed E-state index contributed by atoms with van der Waals surface area (Å²) >= 11 is 0. The zero-order valence-corrected chi connectivity index (χ0v) is 12.5. The van der Waals surface area contributed by atoms with E-state index in [2.05, 4.69) is 10.6 Å². The van der Waals surface area contributed by atoms with Gasteiger partial charge in [0.25, 0.3) is 0 Å². The zero-order chi connectivity index (χ0) is 15.4. The molecule has 20 heavy (non-hydrogen) atoms. The highest BCUT2D eigenvalue weighted by Crippen LogP contribution is 2.01. The fraction of sp³-hybridized carbons (Fsp3) is 0.857. The van der Waals surface area contributed by atoms with E-state index in [9.17, 15) is 9.59 Å². The van der Waals surface area contributed by atoms with Crippen molar-refractivity contribution in [1.29, 1.82) is 0 Å². The van der Waals surface area contributed by atoms with E-state index in [-0.39, 0.29) is 13.2 Å². The molecule has 0 aliphatic heterocycles. The van der Waals surface area contributed by atoms with Crippen molar-refractivity contribution in [1.82, 2.24) is 10.6 Å². The van der Waals surface area contributed by atoms with Gasteiger partial charge in [0.05, 0.1) is 25.3 Å². The van der Waals surface area contributed by atoms with Crippen LogP contribution in [0.25, 0.3) is 0 Å². The van der Waals surface area contributed by atoms with Crippen LogP contribution in [0.4, 0.5) is 0 Å². The number of unbranched alkanes of at least 4 members (excludes halogenated alkanes) is 2. The van der Waals surface area contributed by atoms with Crippen LogP contribution >= 0.6 is 0 Å². The van der Waals surface area contributed by atoms with E-state index in [1.807, 2.05) is 13.8 Å². The Morgan fingerprint density at radius 1 is 0.850 bits per heavy atom. The first kappa shape index (κ1) is 18.9. The SMILES string of the molecule is CCCC[C@H](CO)NC(=O)C(=O)N[C@@H](CO)CCCC. The first-order valence-electron chi connectivity index (χ1n) is 7.42. The maximum absolute atomic E-state index is 11.7. The lowest BCUT2D eigenvalue weighted by atomic mass is 10.1. The van der Waals surface area contributed by atoms with Gasteiger partial charge in [-0.3, -0.25) is 9.59 Å². The number of aliphatic hydroxyl groups excluding tert-OH is 2. The van der Waals surface area contributed by atoms with E-state index in [0.29, 0.717) is 12.8 Å².